The van der Waals surface area contributed by atoms with Gasteiger partial charge in [-0.25, -0.2) is 19.6 Å². The molecule has 40 heavy (non-hydrogen) atoms. The molecule has 0 aliphatic carbocycles. The van der Waals surface area contributed by atoms with E-state index in [0.717, 1.165) is 41.9 Å². The van der Waals surface area contributed by atoms with Crippen molar-refractivity contribution in [3.63, 3.8) is 0 Å². The number of fused-ring (bicyclic) bond motifs is 4. The van der Waals surface area contributed by atoms with E-state index < -0.39 is 0 Å². The summed E-state index contributed by atoms with van der Waals surface area (Å²) in [6, 6.07) is 16.3. The Bertz CT molecular complexity index is 1880. The average molecular weight is 554 g/mol. The Morgan fingerprint density at radius 3 is 2.70 bits per heavy atom. The van der Waals surface area contributed by atoms with Gasteiger partial charge < -0.3 is 19.9 Å². The molecule has 202 valence electrons. The summed E-state index contributed by atoms with van der Waals surface area (Å²) >= 11 is 1.45. The molecule has 0 saturated carbocycles. The van der Waals surface area contributed by atoms with Gasteiger partial charge in [0.2, 0.25) is 11.1 Å². The van der Waals surface area contributed by atoms with Crippen LogP contribution >= 0.6 is 11.3 Å². The predicted molar refractivity (Wildman–Crippen MR) is 157 cm³/mol. The molecule has 0 amide bonds. The lowest BCUT2D eigenvalue weighted by atomic mass is 10.1. The molecule has 0 bridgehead atoms. The molecule has 0 unspecified atom stereocenters. The Morgan fingerprint density at radius 1 is 1.05 bits per heavy atom. The smallest absolute Gasteiger partial charge is 0.284 e. The average Bonchev–Trinajstić information content (AvgIpc) is 3.61. The highest BCUT2D eigenvalue weighted by Gasteiger charge is 2.25. The summed E-state index contributed by atoms with van der Waals surface area (Å²) in [5.41, 5.74) is 3.44. The van der Waals surface area contributed by atoms with Crippen molar-refractivity contribution in [3.8, 4) is 5.13 Å². The van der Waals surface area contributed by atoms with E-state index in [1.807, 2.05) is 41.8 Å². The third kappa shape index (κ3) is 4.17. The minimum Gasteiger partial charge on any atom is -0.383 e. The maximum absolute atomic E-state index is 13.7. The van der Waals surface area contributed by atoms with Crippen LogP contribution in [0, 0.1) is 0 Å². The Morgan fingerprint density at radius 2 is 1.90 bits per heavy atom. The first-order valence-corrected chi connectivity index (χ1v) is 13.9. The number of thiazole rings is 1. The number of hydrogen-bond donors (Lipinski definition) is 1. The maximum Gasteiger partial charge on any atom is 0.284 e. The van der Waals surface area contributed by atoms with E-state index in [1.54, 1.807) is 22.5 Å². The number of anilines is 3. The molecular formula is C28H27N9O2S. The normalized spacial score (nSPS) is 16.4. The summed E-state index contributed by atoms with van der Waals surface area (Å²) in [7, 11) is 3.89. The molecular weight excluding hydrogens is 526 g/mol. The lowest BCUT2D eigenvalue weighted by Crippen LogP contribution is -2.53. The fourth-order valence-corrected chi connectivity index (χ4v) is 6.05. The number of para-hydroxylation sites is 1. The van der Waals surface area contributed by atoms with E-state index in [4.69, 9.17) is 9.72 Å². The molecule has 0 spiro atoms. The summed E-state index contributed by atoms with van der Waals surface area (Å²) in [5, 5.41) is 7.00. The third-order valence-corrected chi connectivity index (χ3v) is 8.02. The van der Waals surface area contributed by atoms with Gasteiger partial charge in [0.1, 0.15) is 5.39 Å². The largest absolute Gasteiger partial charge is 0.383 e. The SMILES string of the molecule is COC[C@H]1CN(C)CCN1c1ccc(Nc2ncc3c(=O)n4c(nc3n2)c2ccccc2n4-c2nccs2)cc1. The lowest BCUT2D eigenvalue weighted by molar-refractivity contribution is 0.143. The topological polar surface area (TPSA) is 106 Å². The molecule has 6 aromatic rings. The van der Waals surface area contributed by atoms with E-state index in [9.17, 15) is 4.79 Å². The van der Waals surface area contributed by atoms with Crippen LogP contribution in [0.3, 0.4) is 0 Å². The van der Waals surface area contributed by atoms with Gasteiger partial charge in [0.05, 0.1) is 18.2 Å². The van der Waals surface area contributed by atoms with Gasteiger partial charge in [0.25, 0.3) is 5.56 Å². The number of ether oxygens (including phenoxy) is 1. The molecule has 1 atom stereocenters. The van der Waals surface area contributed by atoms with Crippen molar-refractivity contribution in [2.45, 2.75) is 6.04 Å². The Kier molecular flexibility index (Phi) is 6.14. The number of hydrogen-bond acceptors (Lipinski definition) is 10. The molecule has 2 aromatic carbocycles. The predicted octanol–water partition coefficient (Wildman–Crippen LogP) is 3.55. The number of piperazine rings is 1. The fraction of sp³-hybridized carbons (Fsp3) is 0.250. The van der Waals surface area contributed by atoms with Crippen molar-refractivity contribution in [2.24, 2.45) is 0 Å². The van der Waals surface area contributed by atoms with Gasteiger partial charge in [-0.3, -0.25) is 4.79 Å². The van der Waals surface area contributed by atoms with Gasteiger partial charge in [-0.1, -0.05) is 12.1 Å². The van der Waals surface area contributed by atoms with E-state index >= 15 is 0 Å². The lowest BCUT2D eigenvalue weighted by Gasteiger charge is -2.41. The van der Waals surface area contributed by atoms with Crippen molar-refractivity contribution >= 4 is 56.2 Å². The Hall–Kier alpha value is -4.39. The van der Waals surface area contributed by atoms with Crippen LogP contribution in [0.4, 0.5) is 17.3 Å². The van der Waals surface area contributed by atoms with Crippen LogP contribution in [0.25, 0.3) is 32.7 Å². The first-order valence-electron chi connectivity index (χ1n) is 13.0. The van der Waals surface area contributed by atoms with Crippen LogP contribution in [0.5, 0.6) is 0 Å². The zero-order valence-corrected chi connectivity index (χ0v) is 22.9. The van der Waals surface area contributed by atoms with Gasteiger partial charge >= 0.3 is 0 Å². The summed E-state index contributed by atoms with van der Waals surface area (Å²) in [4.78, 5) is 36.7. The van der Waals surface area contributed by atoms with Crippen LogP contribution in [0.15, 0.2) is 71.1 Å². The third-order valence-electron chi connectivity index (χ3n) is 7.28. The first kappa shape index (κ1) is 24.6. The number of methoxy groups -OCH3 is 1. The molecule has 1 aliphatic heterocycles. The van der Waals surface area contributed by atoms with E-state index in [2.05, 4.69) is 49.2 Å². The number of benzene rings is 2. The Balaban J connectivity index is 1.23. The van der Waals surface area contributed by atoms with Crippen molar-refractivity contribution in [1.82, 2.24) is 34.0 Å². The molecule has 5 heterocycles. The first-order chi connectivity index (χ1) is 19.6. The summed E-state index contributed by atoms with van der Waals surface area (Å²) in [6.45, 7) is 3.59. The molecule has 1 fully saturated rings. The van der Waals surface area contributed by atoms with E-state index in [0.29, 0.717) is 40.4 Å². The van der Waals surface area contributed by atoms with Gasteiger partial charge in [0, 0.05) is 61.3 Å². The standard InChI is InChI=1S/C28H27N9O2S/c1-34-12-13-35(20(16-34)17-39-2)19-9-7-18(8-10-19)31-27-30-15-22-24(33-27)32-25-21-5-3-4-6-23(21)36(37(25)26(22)38)28-29-11-14-40-28/h3-11,14-15,20H,12-13,16-17H2,1-2H3,(H,30,31,33)/t20-/m1/s1. The van der Waals surface area contributed by atoms with Crippen molar-refractivity contribution in [3.05, 3.63) is 76.7 Å². The highest BCUT2D eigenvalue weighted by molar-refractivity contribution is 7.12. The fourth-order valence-electron chi connectivity index (χ4n) is 5.40. The minimum atomic E-state index is -0.250. The second-order valence-electron chi connectivity index (χ2n) is 9.86. The van der Waals surface area contributed by atoms with Crippen molar-refractivity contribution in [1.29, 1.82) is 0 Å². The van der Waals surface area contributed by atoms with E-state index in [-0.39, 0.29) is 5.56 Å². The second kappa shape index (κ2) is 9.97. The van der Waals surface area contributed by atoms with Gasteiger partial charge in [-0.2, -0.15) is 9.50 Å². The van der Waals surface area contributed by atoms with Gasteiger partial charge in [0.15, 0.2) is 11.3 Å². The highest BCUT2D eigenvalue weighted by Crippen LogP contribution is 2.27. The molecule has 7 rings (SSSR count). The molecule has 11 nitrogen and oxygen atoms in total. The van der Waals surface area contributed by atoms with Gasteiger partial charge in [-0.05, 0) is 43.4 Å². The summed E-state index contributed by atoms with van der Waals surface area (Å²) in [5.74, 6) is 0.372. The number of rotatable bonds is 6. The number of nitrogens with one attached hydrogen (secondary N) is 1. The van der Waals surface area contributed by atoms with E-state index in [1.165, 1.54) is 17.5 Å². The molecule has 4 aromatic heterocycles. The number of aromatic nitrogens is 6. The molecule has 1 N–H and O–H groups in total. The van der Waals surface area contributed by atoms with Crippen LogP contribution in [-0.2, 0) is 4.74 Å². The molecule has 0 radical (unpaired) electrons. The summed E-state index contributed by atoms with van der Waals surface area (Å²) in [6.07, 6.45) is 3.25. The Labute approximate surface area is 233 Å². The molecule has 1 aliphatic rings. The quantitative estimate of drug-likeness (QED) is 0.331. The van der Waals surface area contributed by atoms with Crippen molar-refractivity contribution < 1.29 is 4.74 Å². The van der Waals surface area contributed by atoms with Crippen LogP contribution in [-0.4, -0.2) is 80.5 Å². The number of nitrogens with zero attached hydrogens (tertiary/aromatic N) is 8. The molecule has 1 saturated heterocycles. The zero-order chi connectivity index (χ0) is 27.2. The van der Waals surface area contributed by atoms with Crippen LogP contribution in [0.1, 0.15) is 0 Å². The monoisotopic (exact) mass is 553 g/mol. The number of likely N-dealkylation sites (N-methyl/N-ethyl adjacent to an activating group) is 1. The summed E-state index contributed by atoms with van der Waals surface area (Å²) < 4.78 is 8.82. The van der Waals surface area contributed by atoms with Crippen LogP contribution in [0.2, 0.25) is 0 Å². The van der Waals surface area contributed by atoms with Crippen molar-refractivity contribution in [2.75, 3.05) is 50.6 Å². The maximum atomic E-state index is 13.7. The highest BCUT2D eigenvalue weighted by atomic mass is 32.1. The second-order valence-corrected chi connectivity index (χ2v) is 10.7. The van der Waals surface area contributed by atoms with Crippen LogP contribution < -0.4 is 15.8 Å². The zero-order valence-electron chi connectivity index (χ0n) is 22.1. The van der Waals surface area contributed by atoms with Gasteiger partial charge in [-0.15, -0.1) is 11.3 Å². The molecule has 12 heteroatoms. The minimum absolute atomic E-state index is 0.250.